The Kier molecular flexibility index (Phi) is 2.63. The molecule has 1 aliphatic rings. The van der Waals surface area contributed by atoms with Gasteiger partial charge in [0.05, 0.1) is 6.54 Å². The number of hydrogen-bond donors (Lipinski definition) is 1. The summed E-state index contributed by atoms with van der Waals surface area (Å²) in [5.74, 6) is 3.44. The summed E-state index contributed by atoms with van der Waals surface area (Å²) in [4.78, 5) is 12.9. The minimum Gasteiger partial charge on any atom is -0.365 e. The van der Waals surface area contributed by atoms with Gasteiger partial charge in [-0.05, 0) is 20.3 Å². The molecule has 8 heteroatoms. The Bertz CT molecular complexity index is 802. The highest BCUT2D eigenvalue weighted by Crippen LogP contribution is 2.18. The van der Waals surface area contributed by atoms with E-state index in [2.05, 4.69) is 30.5 Å². The summed E-state index contributed by atoms with van der Waals surface area (Å²) >= 11 is 0. The highest BCUT2D eigenvalue weighted by Gasteiger charge is 2.21. The maximum absolute atomic E-state index is 4.43. The largest absolute Gasteiger partial charge is 0.365 e. The van der Waals surface area contributed by atoms with Gasteiger partial charge >= 0.3 is 0 Å². The second-order valence-corrected chi connectivity index (χ2v) is 5.39. The molecule has 1 atom stereocenters. The number of fused-ring (bicyclic) bond motifs is 2. The fraction of sp³-hybridized carbons (Fsp3) is 0.462. The third kappa shape index (κ3) is 2.12. The fourth-order valence-corrected chi connectivity index (χ4v) is 2.79. The van der Waals surface area contributed by atoms with Crippen LogP contribution in [-0.4, -0.2) is 40.4 Å². The molecular formula is C13H16N8. The molecular weight excluding hydrogens is 268 g/mol. The molecule has 0 bridgehead atoms. The Morgan fingerprint density at radius 2 is 2.19 bits per heavy atom. The van der Waals surface area contributed by atoms with Gasteiger partial charge in [0, 0.05) is 24.2 Å². The zero-order valence-corrected chi connectivity index (χ0v) is 12.0. The first-order valence-electron chi connectivity index (χ1n) is 7.03. The summed E-state index contributed by atoms with van der Waals surface area (Å²) < 4.78 is 3.72. The predicted molar refractivity (Wildman–Crippen MR) is 76.0 cm³/mol. The Balaban J connectivity index is 1.62. The second kappa shape index (κ2) is 4.51. The van der Waals surface area contributed by atoms with Gasteiger partial charge < -0.3 is 5.32 Å². The number of anilines is 1. The van der Waals surface area contributed by atoms with Crippen molar-refractivity contribution < 1.29 is 0 Å². The molecule has 3 aromatic rings. The van der Waals surface area contributed by atoms with E-state index < -0.39 is 0 Å². The summed E-state index contributed by atoms with van der Waals surface area (Å²) in [5, 5.41) is 12.2. The standard InChI is InChI=1S/C13H16N8/c1-8-5-12(21-13(16-8)14-7-15-21)18-10-3-4-11-17-9(2)19-20(11)6-10/h5,7,10,18H,3-4,6H2,1-2H3. The Hall–Kier alpha value is -2.51. The van der Waals surface area contributed by atoms with Crippen LogP contribution in [0.5, 0.6) is 0 Å². The topological polar surface area (TPSA) is 85.8 Å². The molecule has 3 aromatic heterocycles. The van der Waals surface area contributed by atoms with Crippen molar-refractivity contribution >= 4 is 11.6 Å². The van der Waals surface area contributed by atoms with E-state index in [0.717, 1.165) is 42.5 Å². The number of rotatable bonds is 2. The van der Waals surface area contributed by atoms with Crippen molar-refractivity contribution in [2.45, 2.75) is 39.3 Å². The third-order valence-corrected chi connectivity index (χ3v) is 3.70. The van der Waals surface area contributed by atoms with Gasteiger partial charge in [0.2, 0.25) is 0 Å². The van der Waals surface area contributed by atoms with Gasteiger partial charge in [-0.2, -0.15) is 19.7 Å². The molecule has 0 fully saturated rings. The third-order valence-electron chi connectivity index (χ3n) is 3.70. The molecule has 0 amide bonds. The lowest BCUT2D eigenvalue weighted by molar-refractivity contribution is 0.439. The highest BCUT2D eigenvalue weighted by atomic mass is 15.4. The minimum atomic E-state index is 0.299. The summed E-state index contributed by atoms with van der Waals surface area (Å²) in [6.07, 6.45) is 3.48. The number of aryl methyl sites for hydroxylation is 3. The van der Waals surface area contributed by atoms with Crippen molar-refractivity contribution in [3.05, 3.63) is 29.7 Å². The maximum atomic E-state index is 4.43. The Morgan fingerprint density at radius 3 is 3.10 bits per heavy atom. The van der Waals surface area contributed by atoms with E-state index in [4.69, 9.17) is 0 Å². The Morgan fingerprint density at radius 1 is 1.29 bits per heavy atom. The average Bonchev–Trinajstić information content (AvgIpc) is 3.03. The van der Waals surface area contributed by atoms with Crippen molar-refractivity contribution in [3.8, 4) is 0 Å². The van der Waals surface area contributed by atoms with Gasteiger partial charge in [-0.3, -0.25) is 0 Å². The van der Waals surface area contributed by atoms with Crippen molar-refractivity contribution in [1.29, 1.82) is 0 Å². The van der Waals surface area contributed by atoms with Crippen LogP contribution in [0.25, 0.3) is 5.78 Å². The quantitative estimate of drug-likeness (QED) is 0.747. The van der Waals surface area contributed by atoms with E-state index >= 15 is 0 Å². The van der Waals surface area contributed by atoms with E-state index in [0.29, 0.717) is 11.8 Å². The van der Waals surface area contributed by atoms with Crippen LogP contribution in [0.4, 0.5) is 5.82 Å². The molecule has 108 valence electrons. The van der Waals surface area contributed by atoms with Crippen molar-refractivity contribution in [1.82, 2.24) is 34.3 Å². The summed E-state index contributed by atoms with van der Waals surface area (Å²) in [6.45, 7) is 4.70. The van der Waals surface area contributed by atoms with E-state index in [1.54, 1.807) is 4.52 Å². The number of aromatic nitrogens is 7. The van der Waals surface area contributed by atoms with Gasteiger partial charge in [-0.1, -0.05) is 0 Å². The van der Waals surface area contributed by atoms with Crippen LogP contribution < -0.4 is 5.32 Å². The van der Waals surface area contributed by atoms with Crippen LogP contribution in [0.2, 0.25) is 0 Å². The van der Waals surface area contributed by atoms with E-state index in [1.807, 2.05) is 24.6 Å². The van der Waals surface area contributed by atoms with Crippen LogP contribution in [0, 0.1) is 13.8 Å². The lowest BCUT2D eigenvalue weighted by atomic mass is 10.1. The molecule has 0 aliphatic carbocycles. The summed E-state index contributed by atoms with van der Waals surface area (Å²) in [6, 6.07) is 2.29. The highest BCUT2D eigenvalue weighted by molar-refractivity contribution is 5.45. The van der Waals surface area contributed by atoms with Gasteiger partial charge in [-0.15, -0.1) is 0 Å². The molecule has 0 spiro atoms. The maximum Gasteiger partial charge on any atom is 0.254 e. The van der Waals surface area contributed by atoms with E-state index in [9.17, 15) is 0 Å². The van der Waals surface area contributed by atoms with Gasteiger partial charge in [0.1, 0.15) is 23.8 Å². The Labute approximate surface area is 121 Å². The van der Waals surface area contributed by atoms with Crippen molar-refractivity contribution in [2.75, 3.05) is 5.32 Å². The van der Waals surface area contributed by atoms with Crippen LogP contribution in [0.3, 0.4) is 0 Å². The first-order valence-corrected chi connectivity index (χ1v) is 7.03. The molecule has 0 saturated carbocycles. The van der Waals surface area contributed by atoms with Crippen LogP contribution in [-0.2, 0) is 13.0 Å². The molecule has 1 aliphatic heterocycles. The average molecular weight is 284 g/mol. The fourth-order valence-electron chi connectivity index (χ4n) is 2.79. The summed E-state index contributed by atoms with van der Waals surface area (Å²) in [5.41, 5.74) is 0.922. The molecule has 0 aromatic carbocycles. The molecule has 0 saturated heterocycles. The number of nitrogens with one attached hydrogen (secondary N) is 1. The number of hydrogen-bond acceptors (Lipinski definition) is 6. The van der Waals surface area contributed by atoms with Gasteiger partial charge in [0.25, 0.3) is 5.78 Å². The lowest BCUT2D eigenvalue weighted by Crippen LogP contribution is -2.32. The monoisotopic (exact) mass is 284 g/mol. The summed E-state index contributed by atoms with van der Waals surface area (Å²) in [7, 11) is 0. The SMILES string of the molecule is Cc1cc(NC2CCc3nc(C)nn3C2)n2ncnc2n1. The smallest absolute Gasteiger partial charge is 0.254 e. The molecule has 0 radical (unpaired) electrons. The molecule has 21 heavy (non-hydrogen) atoms. The van der Waals surface area contributed by atoms with Crippen LogP contribution in [0.15, 0.2) is 12.4 Å². The van der Waals surface area contributed by atoms with Crippen LogP contribution in [0.1, 0.15) is 23.8 Å². The zero-order chi connectivity index (χ0) is 14.4. The molecule has 1 unspecified atom stereocenters. The zero-order valence-electron chi connectivity index (χ0n) is 12.0. The molecule has 4 rings (SSSR count). The molecule has 4 heterocycles. The van der Waals surface area contributed by atoms with Crippen molar-refractivity contribution in [2.24, 2.45) is 0 Å². The second-order valence-electron chi connectivity index (χ2n) is 5.39. The first kappa shape index (κ1) is 12.2. The molecule has 8 nitrogen and oxygen atoms in total. The minimum absolute atomic E-state index is 0.299. The van der Waals surface area contributed by atoms with Gasteiger partial charge in [-0.25, -0.2) is 14.6 Å². The predicted octanol–water partition coefficient (Wildman–Crippen LogP) is 0.760. The van der Waals surface area contributed by atoms with Crippen LogP contribution >= 0.6 is 0 Å². The van der Waals surface area contributed by atoms with Crippen molar-refractivity contribution in [3.63, 3.8) is 0 Å². The van der Waals surface area contributed by atoms with E-state index in [-0.39, 0.29) is 0 Å². The lowest BCUT2D eigenvalue weighted by Gasteiger charge is -2.24. The normalized spacial score (nSPS) is 17.9. The first-order chi connectivity index (χ1) is 10.2. The van der Waals surface area contributed by atoms with Gasteiger partial charge in [0.15, 0.2) is 0 Å². The number of nitrogens with zero attached hydrogens (tertiary/aromatic N) is 7. The van der Waals surface area contributed by atoms with E-state index in [1.165, 1.54) is 6.33 Å². The molecule has 1 N–H and O–H groups in total.